The Morgan fingerprint density at radius 1 is 2.00 bits per heavy atom. The van der Waals surface area contributed by atoms with Crippen LogP contribution in [0, 0.1) is 0 Å². The molecule has 0 bridgehead atoms. The number of halogens is 1. The molecule has 0 N–H and O–H groups in total. The Kier molecular flexibility index (Phi) is 1.70. The van der Waals surface area contributed by atoms with Crippen LogP contribution in [-0.4, -0.2) is 5.50 Å². The van der Waals surface area contributed by atoms with Crippen molar-refractivity contribution >= 4 is 12.6 Å². The third-order valence-electron chi connectivity index (χ3n) is 0. The van der Waals surface area contributed by atoms with Gasteiger partial charge in [0.25, 0.3) is 0 Å². The number of hydrogen-bond donors (Lipinski definition) is 1. The van der Waals surface area contributed by atoms with E-state index in [9.17, 15) is 4.39 Å². The van der Waals surface area contributed by atoms with Crippen LogP contribution in [0.25, 0.3) is 0 Å². The average molecular weight is 80.1 g/mol. The van der Waals surface area contributed by atoms with E-state index in [-0.39, 0.29) is 0 Å². The lowest BCUT2D eigenvalue weighted by Gasteiger charge is -1.74. The number of alkyl halides is 1. The fourth-order valence-corrected chi connectivity index (χ4v) is 0. The van der Waals surface area contributed by atoms with Gasteiger partial charge in [-0.3, -0.25) is 0 Å². The summed E-state index contributed by atoms with van der Waals surface area (Å²) in [7, 11) is 0. The van der Waals surface area contributed by atoms with Crippen molar-refractivity contribution < 1.29 is 4.39 Å². The van der Waals surface area contributed by atoms with Crippen LogP contribution in [0.3, 0.4) is 0 Å². The second-order valence-electron chi connectivity index (χ2n) is 0.574. The molecule has 0 nitrogen and oxygen atoms in total. The Balaban J connectivity index is 2.32. The molecule has 0 aromatic carbocycles. The summed E-state index contributed by atoms with van der Waals surface area (Å²) in [6, 6.07) is 0. The molecule has 2 heteroatoms. The third kappa shape index (κ3) is 47.6. The first kappa shape index (κ1) is 4.28. The van der Waals surface area contributed by atoms with Crippen LogP contribution in [0.5, 0.6) is 0 Å². The monoisotopic (exact) mass is 80.0 g/mol. The van der Waals surface area contributed by atoms with Crippen molar-refractivity contribution in [2.45, 2.75) is 12.4 Å². The zero-order valence-corrected chi connectivity index (χ0v) is 3.30. The second-order valence-corrected chi connectivity index (χ2v) is 1.29. The molecule has 26 valence electrons. The lowest BCUT2D eigenvalue weighted by molar-refractivity contribution is 0.487. The van der Waals surface area contributed by atoms with E-state index >= 15 is 0 Å². The van der Waals surface area contributed by atoms with E-state index in [0.29, 0.717) is 0 Å². The highest BCUT2D eigenvalue weighted by Gasteiger charge is 1.74. The van der Waals surface area contributed by atoms with E-state index in [4.69, 9.17) is 0 Å². The van der Waals surface area contributed by atoms with Gasteiger partial charge in [-0.15, -0.1) is 12.6 Å². The van der Waals surface area contributed by atoms with Crippen molar-refractivity contribution in [3.05, 3.63) is 0 Å². The van der Waals surface area contributed by atoms with Gasteiger partial charge < -0.3 is 0 Å². The van der Waals surface area contributed by atoms with Crippen LogP contribution >= 0.6 is 12.6 Å². The van der Waals surface area contributed by atoms with Gasteiger partial charge in [-0.05, 0) is 6.92 Å². The predicted octanol–water partition coefficient (Wildman–Crippen LogP) is 1.23. The third-order valence-corrected chi connectivity index (χ3v) is 0. The quantitative estimate of drug-likeness (QED) is 0.416. The molecular weight excluding hydrogens is 75.1 g/mol. The molecule has 0 saturated carbocycles. The Morgan fingerprint density at radius 2 is 2.00 bits per heavy atom. The fourth-order valence-electron chi connectivity index (χ4n) is 0. The number of hydrogen-bond acceptors (Lipinski definition) is 1. The molecule has 0 amide bonds. The summed E-state index contributed by atoms with van der Waals surface area (Å²) in [6.45, 7) is 1.36. The molecule has 0 unspecified atom stereocenters. The molecule has 0 spiro atoms. The molecular formula is C2H5FS. The maximum Gasteiger partial charge on any atom is 0.140 e. The van der Waals surface area contributed by atoms with Gasteiger partial charge in [0.15, 0.2) is 0 Å². The number of thiol groups is 1. The van der Waals surface area contributed by atoms with Crippen LogP contribution in [-0.2, 0) is 0 Å². The Morgan fingerprint density at radius 3 is 2.00 bits per heavy atom. The van der Waals surface area contributed by atoms with Gasteiger partial charge in [0.05, 0.1) is 0 Å². The van der Waals surface area contributed by atoms with Gasteiger partial charge in [0, 0.05) is 0 Å². The first-order chi connectivity index (χ1) is 1.73. The maximum atomic E-state index is 10.9. The highest BCUT2D eigenvalue weighted by Crippen LogP contribution is 1.88. The molecule has 0 rings (SSSR count). The predicted molar refractivity (Wildman–Crippen MR) is 19.6 cm³/mol. The van der Waals surface area contributed by atoms with E-state index in [1.54, 1.807) is 0 Å². The summed E-state index contributed by atoms with van der Waals surface area (Å²) in [6.07, 6.45) is 0. The molecule has 1 atom stereocenters. The van der Waals surface area contributed by atoms with Gasteiger partial charge in [-0.2, -0.15) is 0 Å². The highest BCUT2D eigenvalue weighted by molar-refractivity contribution is 7.80. The van der Waals surface area contributed by atoms with Gasteiger partial charge in [-0.1, -0.05) is 0 Å². The second kappa shape index (κ2) is 1.58. The summed E-state index contributed by atoms with van der Waals surface area (Å²) < 4.78 is 10.9. The van der Waals surface area contributed by atoms with Crippen molar-refractivity contribution in [3.8, 4) is 0 Å². The summed E-state index contributed by atoms with van der Waals surface area (Å²) in [5.74, 6) is 0. The summed E-state index contributed by atoms with van der Waals surface area (Å²) in [5, 5.41) is 0. The lowest BCUT2D eigenvalue weighted by Crippen LogP contribution is -1.67. The zero-order valence-electron chi connectivity index (χ0n) is 2.40. The van der Waals surface area contributed by atoms with Crippen molar-refractivity contribution in [2.24, 2.45) is 0 Å². The number of rotatable bonds is 0. The lowest BCUT2D eigenvalue weighted by atomic mass is 10.9. The summed E-state index contributed by atoms with van der Waals surface area (Å²) in [5.41, 5.74) is -0.972. The minimum atomic E-state index is -0.972. The van der Waals surface area contributed by atoms with Crippen LogP contribution in [0.1, 0.15) is 6.92 Å². The summed E-state index contributed by atoms with van der Waals surface area (Å²) >= 11 is 3.30. The van der Waals surface area contributed by atoms with E-state index in [1.807, 2.05) is 0 Å². The van der Waals surface area contributed by atoms with E-state index < -0.39 is 5.50 Å². The van der Waals surface area contributed by atoms with Crippen molar-refractivity contribution in [1.29, 1.82) is 0 Å². The van der Waals surface area contributed by atoms with Gasteiger partial charge in [0.1, 0.15) is 5.50 Å². The van der Waals surface area contributed by atoms with Crippen LogP contribution in [0.2, 0.25) is 0 Å². The molecule has 4 heavy (non-hydrogen) atoms. The molecule has 0 fully saturated rings. The Bertz CT molecular complexity index is 10.8. The van der Waals surface area contributed by atoms with Crippen molar-refractivity contribution in [1.82, 2.24) is 0 Å². The average Bonchev–Trinajstić information content (AvgIpc) is 0.811. The first-order valence-electron chi connectivity index (χ1n) is 1.05. The van der Waals surface area contributed by atoms with E-state index in [0.717, 1.165) is 0 Å². The van der Waals surface area contributed by atoms with Gasteiger partial charge in [-0.25, -0.2) is 4.39 Å². The molecule has 0 radical (unpaired) electrons. The molecule has 0 aliphatic rings. The molecule has 0 saturated heterocycles. The van der Waals surface area contributed by atoms with Crippen molar-refractivity contribution in [3.63, 3.8) is 0 Å². The largest absolute Gasteiger partial charge is 0.236 e. The first-order valence-corrected chi connectivity index (χ1v) is 1.57. The molecule has 0 aromatic rings. The highest BCUT2D eigenvalue weighted by atomic mass is 32.1. The minimum Gasteiger partial charge on any atom is -0.236 e. The standard InChI is InChI=1S/C2H5FS/c1-2(3)4/h2,4H,1H3/t2-/m1/s1. The SMILES string of the molecule is C[C@H](F)S. The topological polar surface area (TPSA) is 0 Å². The molecule has 0 aromatic heterocycles. The van der Waals surface area contributed by atoms with E-state index in [2.05, 4.69) is 12.6 Å². The van der Waals surface area contributed by atoms with Crippen molar-refractivity contribution in [2.75, 3.05) is 0 Å². The van der Waals surface area contributed by atoms with Crippen LogP contribution in [0.15, 0.2) is 0 Å². The minimum absolute atomic E-state index is 0.972. The van der Waals surface area contributed by atoms with Gasteiger partial charge in [0.2, 0.25) is 0 Å². The smallest absolute Gasteiger partial charge is 0.140 e. The van der Waals surface area contributed by atoms with Crippen LogP contribution in [0.4, 0.5) is 4.39 Å². The zero-order chi connectivity index (χ0) is 3.58. The van der Waals surface area contributed by atoms with E-state index in [1.165, 1.54) is 6.92 Å². The maximum absolute atomic E-state index is 10.9. The molecule has 0 aliphatic carbocycles. The summed E-state index contributed by atoms with van der Waals surface area (Å²) in [4.78, 5) is 0. The molecule has 0 heterocycles. The molecule has 0 aliphatic heterocycles. The van der Waals surface area contributed by atoms with Gasteiger partial charge >= 0.3 is 0 Å². The van der Waals surface area contributed by atoms with Crippen LogP contribution < -0.4 is 0 Å². The fraction of sp³-hybridized carbons (Fsp3) is 1.00. The Labute approximate surface area is 30.4 Å². The normalized spacial score (nSPS) is 15.8. The Hall–Kier alpha value is 0.280.